The summed E-state index contributed by atoms with van der Waals surface area (Å²) in [6.07, 6.45) is 2.29. The van der Waals surface area contributed by atoms with Crippen LogP contribution in [-0.4, -0.2) is 4.57 Å². The first kappa shape index (κ1) is 42.1. The van der Waals surface area contributed by atoms with Crippen molar-refractivity contribution in [2.75, 3.05) is 0 Å². The Morgan fingerprint density at radius 1 is 0.612 bits per heavy atom. The zero-order chi connectivity index (χ0) is 48.4. The van der Waals surface area contributed by atoms with Gasteiger partial charge in [-0.05, 0) is 134 Å². The van der Waals surface area contributed by atoms with Gasteiger partial charge in [-0.2, -0.15) is 4.57 Å². The zero-order valence-corrected chi connectivity index (χ0v) is 42.4. The molecule has 67 heavy (non-hydrogen) atoms. The molecule has 1 atom stereocenters. The van der Waals surface area contributed by atoms with Gasteiger partial charge in [0.1, 0.15) is 16.8 Å². The van der Waals surface area contributed by atoms with Gasteiger partial charge in [0, 0.05) is 30.2 Å². The van der Waals surface area contributed by atoms with E-state index in [0.717, 1.165) is 50.7 Å². The molecule has 1 unspecified atom stereocenters. The highest BCUT2D eigenvalue weighted by Crippen LogP contribution is 2.56. The molecule has 4 nitrogen and oxygen atoms in total. The van der Waals surface area contributed by atoms with Crippen molar-refractivity contribution in [2.45, 2.75) is 138 Å². The lowest BCUT2D eigenvalue weighted by Crippen LogP contribution is -2.78. The molecule has 338 valence electrons. The highest BCUT2D eigenvalue weighted by atomic mass is 16.5. The van der Waals surface area contributed by atoms with Crippen LogP contribution < -0.4 is 13.9 Å². The molecule has 2 aromatic heterocycles. The molecule has 3 aliphatic rings. The third-order valence-corrected chi connectivity index (χ3v) is 15.0. The van der Waals surface area contributed by atoms with Crippen molar-refractivity contribution in [3.8, 4) is 67.5 Å². The van der Waals surface area contributed by atoms with Crippen LogP contribution in [0, 0.1) is 13.8 Å². The lowest BCUT2D eigenvalue weighted by atomic mass is 9.78. The van der Waals surface area contributed by atoms with E-state index in [1.165, 1.54) is 72.3 Å². The van der Waals surface area contributed by atoms with E-state index in [1.807, 2.05) is 13.8 Å². The molecule has 11 rings (SSSR count). The molecule has 6 aromatic carbocycles. The summed E-state index contributed by atoms with van der Waals surface area (Å²) in [7, 11) is 0. The summed E-state index contributed by atoms with van der Waals surface area (Å²) < 4.78 is 25.0. The first-order chi connectivity index (χ1) is 31.9. The summed E-state index contributed by atoms with van der Waals surface area (Å²) in [5.41, 5.74) is 23.2. The van der Waals surface area contributed by atoms with E-state index >= 15 is 0 Å². The highest BCUT2D eigenvalue weighted by Gasteiger charge is 2.69. The number of nitrogens with zero attached hydrogens (tertiary/aromatic N) is 3. The normalized spacial score (nSPS) is 16.2. The van der Waals surface area contributed by atoms with Gasteiger partial charge in [0.05, 0.1) is 5.56 Å². The molecule has 3 aliphatic heterocycles. The number of benzene rings is 6. The second-order valence-electron chi connectivity index (χ2n) is 23.4. The number of hydrogen-bond acceptors (Lipinski definition) is 1. The minimum absolute atomic E-state index is 0.107. The average Bonchev–Trinajstić information content (AvgIpc) is 3.76. The summed E-state index contributed by atoms with van der Waals surface area (Å²) in [4.78, 5) is 0. The topological polar surface area (TPSA) is 21.9 Å². The standard InChI is InChI=1S/C63H67N3O/c1-36(2)45-18-16-19-46(37(3)4)55(45)42-26-27-52(39(6)30-42)65-53-21-17-20-47-48-32-43(60(7,8)9)33-49-54-31-41(40-24-22-38(5)23-25-40)28-29-64(54)63(56(48)49)66(57(47)53)59(65)50-34-44(61(10,11)12)35-51(58(50)67-63)62(13,14)15/h16-37H,1-15H3/q+2/i36D. The third kappa shape index (κ3) is 6.23. The van der Waals surface area contributed by atoms with E-state index in [2.05, 4.69) is 225 Å². The minimum atomic E-state index is -1.08. The van der Waals surface area contributed by atoms with Crippen LogP contribution in [0.2, 0.25) is 0 Å². The SMILES string of the molecule is [2H]C(C)(C)c1cccc(C(C)C)c1-c1ccc(-n2c3[n+]4c5c(cccc52)-c2cc(C(C)(C)C)cc5c2C4(Oc2c-3cc(C(C)(C)C)cc2C(C)(C)C)[n+]2ccc(-c3ccc(C)cc3)cc2-5)c(C)c1. The second kappa shape index (κ2) is 14.4. The highest BCUT2D eigenvalue weighted by molar-refractivity contribution is 5.98. The molecule has 0 radical (unpaired) electrons. The van der Waals surface area contributed by atoms with Crippen molar-refractivity contribution in [3.63, 3.8) is 0 Å². The van der Waals surface area contributed by atoms with Crippen molar-refractivity contribution >= 4 is 11.0 Å². The molecule has 1 spiro atoms. The molecule has 4 heteroatoms. The molecule has 0 saturated heterocycles. The van der Waals surface area contributed by atoms with Gasteiger partial charge in [0.15, 0.2) is 23.0 Å². The van der Waals surface area contributed by atoms with Gasteiger partial charge >= 0.3 is 11.7 Å². The number of rotatable bonds is 5. The molecule has 0 fully saturated rings. The van der Waals surface area contributed by atoms with E-state index in [9.17, 15) is 1.37 Å². The van der Waals surface area contributed by atoms with E-state index < -0.39 is 11.7 Å². The summed E-state index contributed by atoms with van der Waals surface area (Å²) in [6, 6.07) is 43.8. The Hall–Kier alpha value is -6.26. The number of hydrogen-bond donors (Lipinski definition) is 0. The van der Waals surface area contributed by atoms with Gasteiger partial charge in [-0.3, -0.25) is 0 Å². The van der Waals surface area contributed by atoms with Gasteiger partial charge < -0.3 is 4.74 Å². The predicted molar refractivity (Wildman–Crippen MR) is 278 cm³/mol. The van der Waals surface area contributed by atoms with Crippen LogP contribution >= 0.6 is 0 Å². The van der Waals surface area contributed by atoms with Crippen LogP contribution in [0.3, 0.4) is 0 Å². The van der Waals surface area contributed by atoms with E-state index in [4.69, 9.17) is 4.74 Å². The number of imidazole rings is 1. The number of pyridine rings is 1. The Kier molecular flexibility index (Phi) is 9.04. The molecule has 0 N–H and O–H groups in total. The second-order valence-corrected chi connectivity index (χ2v) is 23.4. The van der Waals surface area contributed by atoms with Gasteiger partial charge in [-0.15, -0.1) is 9.13 Å². The fraction of sp³-hybridized carbons (Fsp3) is 0.333. The van der Waals surface area contributed by atoms with Crippen molar-refractivity contribution in [2.24, 2.45) is 0 Å². The molecular formula is C63H67N3O+2. The number of ether oxygens (including phenoxy) is 1. The van der Waals surface area contributed by atoms with Crippen molar-refractivity contribution in [1.82, 2.24) is 4.57 Å². The summed E-state index contributed by atoms with van der Waals surface area (Å²) in [5.74, 6) is 0.492. The maximum Gasteiger partial charge on any atom is 0.499 e. The first-order valence-electron chi connectivity index (χ1n) is 25.0. The van der Waals surface area contributed by atoms with E-state index in [0.29, 0.717) is 5.92 Å². The van der Waals surface area contributed by atoms with E-state index in [1.54, 1.807) is 0 Å². The van der Waals surface area contributed by atoms with Gasteiger partial charge in [0.25, 0.3) is 0 Å². The molecule has 0 amide bonds. The lowest BCUT2D eigenvalue weighted by Gasteiger charge is -2.36. The van der Waals surface area contributed by atoms with Crippen molar-refractivity contribution in [3.05, 3.63) is 166 Å². The van der Waals surface area contributed by atoms with Crippen LogP contribution in [-0.2, 0) is 22.1 Å². The zero-order valence-electron chi connectivity index (χ0n) is 43.4. The van der Waals surface area contributed by atoms with Crippen LogP contribution in [0.15, 0.2) is 121 Å². The monoisotopic (exact) mass is 883 g/mol. The number of aryl methyl sites for hydroxylation is 2. The maximum absolute atomic E-state index is 9.28. The van der Waals surface area contributed by atoms with Crippen LogP contribution in [0.4, 0.5) is 0 Å². The van der Waals surface area contributed by atoms with E-state index in [-0.39, 0.29) is 16.2 Å². The summed E-state index contributed by atoms with van der Waals surface area (Å²) in [5, 5.41) is 0. The van der Waals surface area contributed by atoms with Crippen molar-refractivity contribution in [1.29, 1.82) is 0 Å². The Morgan fingerprint density at radius 2 is 1.25 bits per heavy atom. The smallest absolute Gasteiger partial charge is 0.392 e. The Bertz CT molecular complexity index is 3450. The number of aromatic nitrogens is 3. The Balaban J connectivity index is 1.30. The van der Waals surface area contributed by atoms with Gasteiger partial charge in [0.2, 0.25) is 5.69 Å². The molecule has 0 saturated carbocycles. The lowest BCUT2D eigenvalue weighted by molar-refractivity contribution is -0.997. The minimum Gasteiger partial charge on any atom is -0.392 e. The van der Waals surface area contributed by atoms with Crippen LogP contribution in [0.1, 0.15) is 148 Å². The number of fused-ring (bicyclic) bond motifs is 5. The summed E-state index contributed by atoms with van der Waals surface area (Å²) >= 11 is 0. The molecule has 5 heterocycles. The predicted octanol–water partition coefficient (Wildman–Crippen LogP) is 15.5. The largest absolute Gasteiger partial charge is 0.499 e. The average molecular weight is 883 g/mol. The fourth-order valence-electron chi connectivity index (χ4n) is 11.4. The van der Waals surface area contributed by atoms with Crippen LogP contribution in [0.25, 0.3) is 72.7 Å². The van der Waals surface area contributed by atoms with Gasteiger partial charge in [-0.25, -0.2) is 0 Å². The van der Waals surface area contributed by atoms with Crippen LogP contribution in [0.5, 0.6) is 5.75 Å². The molecule has 8 aromatic rings. The fourth-order valence-corrected chi connectivity index (χ4v) is 11.4. The molecule has 0 aliphatic carbocycles. The Morgan fingerprint density at radius 3 is 1.91 bits per heavy atom. The summed E-state index contributed by atoms with van der Waals surface area (Å²) in [6.45, 7) is 33.9. The Labute approximate surface area is 400 Å². The third-order valence-electron chi connectivity index (χ3n) is 15.0. The van der Waals surface area contributed by atoms with Crippen molar-refractivity contribution < 1.29 is 15.2 Å². The first-order valence-corrected chi connectivity index (χ1v) is 24.5. The quantitative estimate of drug-likeness (QED) is 0.158. The maximum atomic E-state index is 9.28. The number of para-hydroxylation sites is 1. The molecular weight excluding hydrogens is 815 g/mol. The molecule has 0 bridgehead atoms. The van der Waals surface area contributed by atoms with Gasteiger partial charge in [-0.1, -0.05) is 156 Å².